The maximum absolute atomic E-state index is 10.9. The summed E-state index contributed by atoms with van der Waals surface area (Å²) in [7, 11) is 0. The lowest BCUT2D eigenvalue weighted by atomic mass is 10.3. The van der Waals surface area contributed by atoms with E-state index in [2.05, 4.69) is 10.2 Å². The number of ether oxygens (including phenoxy) is 1. The number of benzene rings is 1. The van der Waals surface area contributed by atoms with Crippen LogP contribution in [0.4, 0.5) is 5.69 Å². The highest BCUT2D eigenvalue weighted by molar-refractivity contribution is 5.90. The molecule has 0 aliphatic rings. The number of non-ortho nitro benzene ring substituents is 1. The molecule has 0 unspecified atom stereocenters. The second kappa shape index (κ2) is 5.08. The zero-order valence-electron chi connectivity index (χ0n) is 9.39. The van der Waals surface area contributed by atoms with Gasteiger partial charge in [0.05, 0.1) is 11.1 Å². The Morgan fingerprint density at radius 3 is 2.53 bits per heavy atom. The Morgan fingerprint density at radius 1 is 1.26 bits per heavy atom. The molecule has 2 rings (SSSR count). The van der Waals surface area contributed by atoms with E-state index in [-0.39, 0.29) is 22.9 Å². The zero-order chi connectivity index (χ0) is 13.8. The number of aromatic nitrogens is 2. The minimum Gasteiger partial charge on any atom is -0.477 e. The van der Waals surface area contributed by atoms with Crippen molar-refractivity contribution in [1.82, 2.24) is 10.2 Å². The SMILES string of the molecule is O=C(O)c1ccnnc1Oc1ccc([N+](=O)[O-])cc1. The first-order valence-electron chi connectivity index (χ1n) is 5.05. The number of rotatable bonds is 4. The molecule has 0 aliphatic carbocycles. The van der Waals surface area contributed by atoms with Crippen LogP contribution >= 0.6 is 0 Å². The quantitative estimate of drug-likeness (QED) is 0.659. The average Bonchev–Trinajstić information content (AvgIpc) is 2.39. The standard InChI is InChI=1S/C11H7N3O5/c15-11(16)9-5-6-12-13-10(9)19-8-3-1-7(2-4-8)14(17)18/h1-6H,(H,15,16). The largest absolute Gasteiger partial charge is 0.477 e. The molecular weight excluding hydrogens is 254 g/mol. The molecule has 1 heterocycles. The summed E-state index contributed by atoms with van der Waals surface area (Å²) in [5.74, 6) is -1.15. The highest BCUT2D eigenvalue weighted by Crippen LogP contribution is 2.24. The van der Waals surface area contributed by atoms with Crippen molar-refractivity contribution in [2.75, 3.05) is 0 Å². The Hall–Kier alpha value is -3.03. The molecule has 1 N–H and O–H groups in total. The van der Waals surface area contributed by atoms with Crippen LogP contribution in [0.15, 0.2) is 36.5 Å². The van der Waals surface area contributed by atoms with Crippen molar-refractivity contribution in [1.29, 1.82) is 0 Å². The summed E-state index contributed by atoms with van der Waals surface area (Å²) in [5, 5.41) is 26.5. The fraction of sp³-hybridized carbons (Fsp3) is 0. The van der Waals surface area contributed by atoms with E-state index in [1.807, 2.05) is 0 Å². The average molecular weight is 261 g/mol. The van der Waals surface area contributed by atoms with Gasteiger partial charge in [0.2, 0.25) is 0 Å². The fourth-order valence-electron chi connectivity index (χ4n) is 1.30. The van der Waals surface area contributed by atoms with Crippen molar-refractivity contribution in [3.63, 3.8) is 0 Å². The molecule has 0 spiro atoms. The van der Waals surface area contributed by atoms with Gasteiger partial charge in [0.25, 0.3) is 11.6 Å². The van der Waals surface area contributed by atoms with Crippen LogP contribution < -0.4 is 4.74 Å². The second-order valence-corrected chi connectivity index (χ2v) is 3.41. The molecule has 0 bridgehead atoms. The summed E-state index contributed by atoms with van der Waals surface area (Å²) in [5.41, 5.74) is -0.238. The van der Waals surface area contributed by atoms with Crippen molar-refractivity contribution in [2.24, 2.45) is 0 Å². The van der Waals surface area contributed by atoms with E-state index in [1.54, 1.807) is 0 Å². The van der Waals surface area contributed by atoms with Gasteiger partial charge in [-0.2, -0.15) is 5.10 Å². The van der Waals surface area contributed by atoms with E-state index in [1.165, 1.54) is 36.5 Å². The van der Waals surface area contributed by atoms with Crippen LogP contribution in [-0.4, -0.2) is 26.2 Å². The zero-order valence-corrected chi connectivity index (χ0v) is 9.39. The van der Waals surface area contributed by atoms with Crippen LogP contribution in [0.3, 0.4) is 0 Å². The normalized spacial score (nSPS) is 9.89. The van der Waals surface area contributed by atoms with Gasteiger partial charge in [-0.1, -0.05) is 0 Å². The number of carboxylic acids is 1. The van der Waals surface area contributed by atoms with Crippen LogP contribution in [-0.2, 0) is 0 Å². The van der Waals surface area contributed by atoms with Gasteiger partial charge in [0.1, 0.15) is 11.3 Å². The van der Waals surface area contributed by atoms with Gasteiger partial charge < -0.3 is 9.84 Å². The number of nitro benzene ring substituents is 1. The van der Waals surface area contributed by atoms with Crippen LogP contribution in [0.2, 0.25) is 0 Å². The molecule has 8 heteroatoms. The van der Waals surface area contributed by atoms with Gasteiger partial charge in [-0.3, -0.25) is 10.1 Å². The molecular formula is C11H7N3O5. The lowest BCUT2D eigenvalue weighted by Gasteiger charge is -2.05. The molecule has 96 valence electrons. The number of carbonyl (C=O) groups is 1. The first-order chi connectivity index (χ1) is 9.08. The Labute approximate surface area is 106 Å². The lowest BCUT2D eigenvalue weighted by molar-refractivity contribution is -0.384. The topological polar surface area (TPSA) is 115 Å². The van der Waals surface area contributed by atoms with Gasteiger partial charge in [-0.05, 0) is 18.2 Å². The molecule has 1 aromatic carbocycles. The molecule has 0 fully saturated rings. The van der Waals surface area contributed by atoms with E-state index in [9.17, 15) is 14.9 Å². The third-order valence-corrected chi connectivity index (χ3v) is 2.18. The number of hydrogen-bond acceptors (Lipinski definition) is 6. The van der Waals surface area contributed by atoms with Gasteiger partial charge in [-0.15, -0.1) is 5.10 Å². The first kappa shape index (κ1) is 12.4. The fourth-order valence-corrected chi connectivity index (χ4v) is 1.30. The molecule has 8 nitrogen and oxygen atoms in total. The maximum atomic E-state index is 10.9. The van der Waals surface area contributed by atoms with Gasteiger partial charge in [0, 0.05) is 12.1 Å². The predicted octanol–water partition coefficient (Wildman–Crippen LogP) is 1.88. The molecule has 19 heavy (non-hydrogen) atoms. The van der Waals surface area contributed by atoms with E-state index in [0.717, 1.165) is 0 Å². The van der Waals surface area contributed by atoms with Gasteiger partial charge in [0.15, 0.2) is 0 Å². The second-order valence-electron chi connectivity index (χ2n) is 3.41. The highest BCUT2D eigenvalue weighted by atomic mass is 16.6. The van der Waals surface area contributed by atoms with E-state index < -0.39 is 10.9 Å². The minimum absolute atomic E-state index is 0.0926. The third-order valence-electron chi connectivity index (χ3n) is 2.18. The Morgan fingerprint density at radius 2 is 1.95 bits per heavy atom. The van der Waals surface area contributed by atoms with Gasteiger partial charge in [-0.25, -0.2) is 4.79 Å². The van der Waals surface area contributed by atoms with Crippen molar-refractivity contribution >= 4 is 11.7 Å². The molecule has 0 aliphatic heterocycles. The van der Waals surface area contributed by atoms with Crippen LogP contribution in [0.1, 0.15) is 10.4 Å². The summed E-state index contributed by atoms with van der Waals surface area (Å²) < 4.78 is 5.23. The number of hydrogen-bond donors (Lipinski definition) is 1. The van der Waals surface area contributed by atoms with Crippen molar-refractivity contribution in [2.45, 2.75) is 0 Å². The maximum Gasteiger partial charge on any atom is 0.341 e. The molecule has 0 radical (unpaired) electrons. The number of nitrogens with zero attached hydrogens (tertiary/aromatic N) is 3. The molecule has 0 saturated heterocycles. The molecule has 0 saturated carbocycles. The monoisotopic (exact) mass is 261 g/mol. The number of carboxylic acid groups (broad SMARTS) is 1. The highest BCUT2D eigenvalue weighted by Gasteiger charge is 2.14. The Balaban J connectivity index is 2.26. The van der Waals surface area contributed by atoms with Crippen molar-refractivity contribution < 1.29 is 19.6 Å². The minimum atomic E-state index is -1.20. The summed E-state index contributed by atoms with van der Waals surface area (Å²) in [4.78, 5) is 20.9. The van der Waals surface area contributed by atoms with E-state index in [4.69, 9.17) is 9.84 Å². The summed E-state index contributed by atoms with van der Waals surface area (Å²) in [6.45, 7) is 0. The lowest BCUT2D eigenvalue weighted by Crippen LogP contribution is -2.02. The smallest absolute Gasteiger partial charge is 0.341 e. The summed E-state index contributed by atoms with van der Waals surface area (Å²) in [6, 6.07) is 6.42. The number of nitro groups is 1. The van der Waals surface area contributed by atoms with Crippen LogP contribution in [0, 0.1) is 10.1 Å². The van der Waals surface area contributed by atoms with Crippen molar-refractivity contribution in [3.05, 3.63) is 52.2 Å². The third kappa shape index (κ3) is 2.80. The van der Waals surface area contributed by atoms with E-state index in [0.29, 0.717) is 0 Å². The molecule has 1 aromatic heterocycles. The van der Waals surface area contributed by atoms with Crippen LogP contribution in [0.5, 0.6) is 11.6 Å². The summed E-state index contributed by atoms with van der Waals surface area (Å²) in [6.07, 6.45) is 1.23. The predicted molar refractivity (Wildman–Crippen MR) is 62.2 cm³/mol. The Bertz CT molecular complexity index is 626. The van der Waals surface area contributed by atoms with Crippen LogP contribution in [0.25, 0.3) is 0 Å². The first-order valence-corrected chi connectivity index (χ1v) is 5.05. The van der Waals surface area contributed by atoms with Gasteiger partial charge >= 0.3 is 5.97 Å². The van der Waals surface area contributed by atoms with Crippen molar-refractivity contribution in [3.8, 4) is 11.6 Å². The molecule has 2 aromatic rings. The molecule has 0 atom stereocenters. The molecule has 0 amide bonds. The van der Waals surface area contributed by atoms with E-state index >= 15 is 0 Å². The Kier molecular flexibility index (Phi) is 3.33. The summed E-state index contributed by atoms with van der Waals surface area (Å²) >= 11 is 0. The number of aromatic carboxylic acids is 1.